The fourth-order valence-corrected chi connectivity index (χ4v) is 4.14. The molecule has 4 heterocycles. The minimum atomic E-state index is -1.22. The number of nitrogens with one attached hydrogen (secondary N) is 1. The van der Waals surface area contributed by atoms with Gasteiger partial charge in [-0.05, 0) is 30.5 Å². The number of hydrogen-bond donors (Lipinski definition) is 4. The number of nitrogens with zero attached hydrogens (tertiary/aromatic N) is 6. The summed E-state index contributed by atoms with van der Waals surface area (Å²) in [6.07, 6.45) is 2.75. The van der Waals surface area contributed by atoms with Gasteiger partial charge in [0.25, 0.3) is 0 Å². The van der Waals surface area contributed by atoms with Crippen molar-refractivity contribution in [2.75, 3.05) is 30.0 Å². The zero-order chi connectivity index (χ0) is 22.1. The Balaban J connectivity index is 1.31. The third-order valence-corrected chi connectivity index (χ3v) is 5.90. The highest BCUT2D eigenvalue weighted by Crippen LogP contribution is 2.32. The fraction of sp³-hybridized carbons (Fsp3) is 0.429. The van der Waals surface area contributed by atoms with Crippen LogP contribution in [0.15, 0.2) is 42.0 Å². The zero-order valence-electron chi connectivity index (χ0n) is 17.3. The largest absolute Gasteiger partial charge is 0.394 e. The number of anilines is 2. The Hall–Kier alpha value is -3.12. The number of aromatic nitrogens is 4. The van der Waals surface area contributed by atoms with Crippen LogP contribution in [-0.2, 0) is 4.74 Å². The number of ether oxygens (including phenoxy) is 1. The van der Waals surface area contributed by atoms with Crippen molar-refractivity contribution in [2.24, 2.45) is 5.10 Å². The highest BCUT2D eigenvalue weighted by atomic mass is 16.6. The number of benzene rings is 1. The number of aliphatic hydroxyl groups excluding tert-OH is 3. The van der Waals surface area contributed by atoms with Crippen LogP contribution in [-0.4, -0.2) is 79.1 Å². The summed E-state index contributed by atoms with van der Waals surface area (Å²) in [7, 11) is 0. The summed E-state index contributed by atoms with van der Waals surface area (Å²) in [4.78, 5) is 15.1. The van der Waals surface area contributed by atoms with Crippen molar-refractivity contribution in [2.45, 2.75) is 37.4 Å². The molecule has 1 aromatic carbocycles. The van der Waals surface area contributed by atoms with Gasteiger partial charge in [0.2, 0.25) is 0 Å². The molecule has 11 nitrogen and oxygen atoms in total. The highest BCUT2D eigenvalue weighted by molar-refractivity contribution is 5.85. The summed E-state index contributed by atoms with van der Waals surface area (Å²) >= 11 is 0. The van der Waals surface area contributed by atoms with Crippen molar-refractivity contribution >= 4 is 28.9 Å². The van der Waals surface area contributed by atoms with E-state index in [1.165, 1.54) is 35.8 Å². The Kier molecular flexibility index (Phi) is 5.70. The molecule has 2 aliphatic rings. The molecule has 4 atom stereocenters. The third-order valence-electron chi connectivity index (χ3n) is 5.90. The lowest BCUT2D eigenvalue weighted by Crippen LogP contribution is -2.33. The van der Waals surface area contributed by atoms with E-state index in [9.17, 15) is 15.3 Å². The van der Waals surface area contributed by atoms with Crippen molar-refractivity contribution < 1.29 is 20.1 Å². The summed E-state index contributed by atoms with van der Waals surface area (Å²) in [5, 5.41) is 33.9. The van der Waals surface area contributed by atoms with E-state index in [2.05, 4.69) is 42.5 Å². The average Bonchev–Trinajstić information content (AvgIpc) is 3.55. The van der Waals surface area contributed by atoms with Crippen molar-refractivity contribution in [3.63, 3.8) is 0 Å². The lowest BCUT2D eigenvalue weighted by molar-refractivity contribution is -0.0511. The number of fused-ring (bicyclic) bond motifs is 1. The van der Waals surface area contributed by atoms with Crippen LogP contribution in [0.25, 0.3) is 11.2 Å². The summed E-state index contributed by atoms with van der Waals surface area (Å²) in [5.41, 5.74) is 5.90. The van der Waals surface area contributed by atoms with Gasteiger partial charge in [0.05, 0.1) is 19.1 Å². The van der Waals surface area contributed by atoms with Crippen molar-refractivity contribution in [3.8, 4) is 0 Å². The molecule has 2 aromatic heterocycles. The van der Waals surface area contributed by atoms with Gasteiger partial charge < -0.3 is 25.0 Å². The van der Waals surface area contributed by atoms with Gasteiger partial charge in [-0.15, -0.1) is 0 Å². The Labute approximate surface area is 184 Å². The van der Waals surface area contributed by atoms with Gasteiger partial charge in [-0.25, -0.2) is 15.0 Å². The SMILES string of the molecule is OC[C@H]1O[C@@H](n2cnc3c(N/N=C/c4ccc(N5CCCC5)cc4)ncnc32)[C@H](O)[C@@H]1O. The van der Waals surface area contributed by atoms with Crippen LogP contribution in [0.4, 0.5) is 11.5 Å². The quantitative estimate of drug-likeness (QED) is 0.319. The Morgan fingerprint density at radius 1 is 1.09 bits per heavy atom. The molecule has 0 saturated carbocycles. The molecule has 0 bridgehead atoms. The third kappa shape index (κ3) is 3.79. The van der Waals surface area contributed by atoms with Crippen molar-refractivity contribution in [1.82, 2.24) is 19.5 Å². The molecule has 0 radical (unpaired) electrons. The van der Waals surface area contributed by atoms with Gasteiger partial charge >= 0.3 is 0 Å². The first-order chi connectivity index (χ1) is 15.7. The molecule has 0 spiro atoms. The Bertz CT molecular complexity index is 1100. The second-order valence-electron chi connectivity index (χ2n) is 7.93. The summed E-state index contributed by atoms with van der Waals surface area (Å²) < 4.78 is 7.08. The van der Waals surface area contributed by atoms with Gasteiger partial charge in [0.1, 0.15) is 24.6 Å². The van der Waals surface area contributed by atoms with Crippen LogP contribution in [0.1, 0.15) is 24.6 Å². The Morgan fingerprint density at radius 2 is 1.88 bits per heavy atom. The van der Waals surface area contributed by atoms with Crippen LogP contribution >= 0.6 is 0 Å². The normalized spacial score (nSPS) is 25.9. The first-order valence-electron chi connectivity index (χ1n) is 10.6. The summed E-state index contributed by atoms with van der Waals surface area (Å²) in [6, 6.07) is 8.23. The number of rotatable bonds is 6. The monoisotopic (exact) mass is 439 g/mol. The average molecular weight is 439 g/mol. The molecule has 2 fully saturated rings. The minimum Gasteiger partial charge on any atom is -0.394 e. The van der Waals surface area contributed by atoms with Gasteiger partial charge in [0.15, 0.2) is 23.2 Å². The second-order valence-corrected chi connectivity index (χ2v) is 7.93. The van der Waals surface area contributed by atoms with E-state index < -0.39 is 31.1 Å². The molecule has 0 aliphatic carbocycles. The van der Waals surface area contributed by atoms with Crippen LogP contribution < -0.4 is 10.3 Å². The van der Waals surface area contributed by atoms with Crippen LogP contribution in [0.3, 0.4) is 0 Å². The van der Waals surface area contributed by atoms with Gasteiger partial charge in [-0.3, -0.25) is 9.99 Å². The molecule has 4 N–H and O–H groups in total. The van der Waals surface area contributed by atoms with E-state index in [-0.39, 0.29) is 0 Å². The Morgan fingerprint density at radius 3 is 2.59 bits per heavy atom. The minimum absolute atomic E-state index is 0.394. The smallest absolute Gasteiger partial charge is 0.177 e. The van der Waals surface area contributed by atoms with Gasteiger partial charge in [-0.1, -0.05) is 12.1 Å². The lowest BCUT2D eigenvalue weighted by Gasteiger charge is -2.17. The van der Waals surface area contributed by atoms with Crippen LogP contribution in [0.5, 0.6) is 0 Å². The predicted molar refractivity (Wildman–Crippen MR) is 117 cm³/mol. The van der Waals surface area contributed by atoms with Crippen molar-refractivity contribution in [3.05, 3.63) is 42.5 Å². The van der Waals surface area contributed by atoms with E-state index in [1.54, 1.807) is 6.21 Å². The number of hydrogen-bond acceptors (Lipinski definition) is 10. The molecule has 11 heteroatoms. The first kappa shape index (κ1) is 20.8. The lowest BCUT2D eigenvalue weighted by atomic mass is 10.1. The number of aliphatic hydroxyl groups is 3. The van der Waals surface area contributed by atoms with E-state index in [0.717, 1.165) is 18.7 Å². The molecule has 3 aromatic rings. The maximum atomic E-state index is 10.3. The second kappa shape index (κ2) is 8.79. The summed E-state index contributed by atoms with van der Waals surface area (Å²) in [6.45, 7) is 1.80. The number of imidazole rings is 1. The standard InChI is InChI=1S/C21H25N7O4/c29-10-15-17(30)18(31)21(32-15)28-12-24-16-19(22-11-23-20(16)28)26-25-9-13-3-5-14(6-4-13)27-7-1-2-8-27/h3-6,9,11-12,15,17-18,21,29-31H,1-2,7-8,10H2,(H,22,23,26)/b25-9+/t15-,17-,18-,21-/m1/s1. The highest BCUT2D eigenvalue weighted by Gasteiger charge is 2.44. The predicted octanol–water partition coefficient (Wildman–Crippen LogP) is 0.484. The molecular weight excluding hydrogens is 414 g/mol. The molecule has 0 amide bonds. The maximum Gasteiger partial charge on any atom is 0.177 e. The van der Waals surface area contributed by atoms with Gasteiger partial charge in [-0.2, -0.15) is 5.10 Å². The molecule has 0 unspecified atom stereocenters. The van der Waals surface area contributed by atoms with E-state index >= 15 is 0 Å². The fourth-order valence-electron chi connectivity index (χ4n) is 4.14. The van der Waals surface area contributed by atoms with E-state index in [0.29, 0.717) is 17.0 Å². The van der Waals surface area contributed by atoms with E-state index in [4.69, 9.17) is 4.74 Å². The van der Waals surface area contributed by atoms with Crippen molar-refractivity contribution in [1.29, 1.82) is 0 Å². The van der Waals surface area contributed by atoms with Gasteiger partial charge in [0, 0.05) is 18.8 Å². The first-order valence-corrected chi connectivity index (χ1v) is 10.6. The summed E-state index contributed by atoms with van der Waals surface area (Å²) in [5.74, 6) is 0.394. The van der Waals surface area contributed by atoms with Crippen LogP contribution in [0, 0.1) is 0 Å². The molecule has 168 valence electrons. The van der Waals surface area contributed by atoms with Crippen LogP contribution in [0.2, 0.25) is 0 Å². The maximum absolute atomic E-state index is 10.3. The molecule has 5 rings (SSSR count). The van der Waals surface area contributed by atoms with E-state index in [1.807, 2.05) is 12.1 Å². The molecule has 32 heavy (non-hydrogen) atoms. The topological polar surface area (TPSA) is 141 Å². The molecule has 2 saturated heterocycles. The molecule has 2 aliphatic heterocycles. The number of hydrazone groups is 1. The zero-order valence-corrected chi connectivity index (χ0v) is 17.3. The molecular formula is C21H25N7O4.